The maximum atomic E-state index is 11.1. The van der Waals surface area contributed by atoms with Gasteiger partial charge in [0.2, 0.25) is 5.91 Å². The Hall–Kier alpha value is -0.440. The number of thioether (sulfide) groups is 1. The Morgan fingerprint density at radius 1 is 1.70 bits per heavy atom. The van der Waals surface area contributed by atoms with Crippen LogP contribution in [0, 0.1) is 5.92 Å². The predicted molar refractivity (Wildman–Crippen MR) is 43.5 cm³/mol. The molecule has 0 fully saturated rings. The Morgan fingerprint density at radius 3 is 2.80 bits per heavy atom. The summed E-state index contributed by atoms with van der Waals surface area (Å²) in [4.78, 5) is 11.1. The Morgan fingerprint density at radius 2 is 2.40 bits per heavy atom. The second-order valence-electron chi connectivity index (χ2n) is 2.61. The molecule has 1 rings (SSSR count). The van der Waals surface area contributed by atoms with Crippen molar-refractivity contribution in [1.29, 1.82) is 0 Å². The molecule has 1 heterocycles. The summed E-state index contributed by atoms with van der Waals surface area (Å²) >= 11 is 1.59. The molecular weight excluding hydrogens is 146 g/mol. The van der Waals surface area contributed by atoms with Crippen LogP contribution in [0.15, 0.2) is 11.6 Å². The molecule has 0 aromatic rings. The Kier molecular flexibility index (Phi) is 2.38. The lowest BCUT2D eigenvalue weighted by Gasteiger charge is -2.19. The summed E-state index contributed by atoms with van der Waals surface area (Å²) in [5.41, 5.74) is 0. The molecule has 0 saturated carbocycles. The third-order valence-electron chi connectivity index (χ3n) is 1.38. The molecule has 1 amide bonds. The third-order valence-corrected chi connectivity index (χ3v) is 2.73. The molecule has 0 unspecified atom stereocenters. The van der Waals surface area contributed by atoms with E-state index in [1.54, 1.807) is 18.0 Å². The fourth-order valence-electron chi connectivity index (χ4n) is 0.844. The summed E-state index contributed by atoms with van der Waals surface area (Å²) in [7, 11) is 0. The van der Waals surface area contributed by atoms with Crippen LogP contribution in [0.4, 0.5) is 0 Å². The zero-order valence-corrected chi connectivity index (χ0v) is 6.94. The van der Waals surface area contributed by atoms with Crippen molar-refractivity contribution in [1.82, 2.24) is 5.32 Å². The van der Waals surface area contributed by atoms with E-state index in [1.165, 1.54) is 0 Å². The first kappa shape index (κ1) is 7.66. The number of nitrogens with one attached hydrogen (secondary N) is 1. The highest BCUT2D eigenvalue weighted by atomic mass is 32.2. The molecule has 0 aromatic heterocycles. The number of carbonyl (C=O) groups is 1. The number of hydrogen-bond acceptors (Lipinski definition) is 2. The van der Waals surface area contributed by atoms with Crippen molar-refractivity contribution in [2.45, 2.75) is 19.1 Å². The fraction of sp³-hybridized carbons (Fsp3) is 0.571. The van der Waals surface area contributed by atoms with Crippen LogP contribution in [0.25, 0.3) is 0 Å². The largest absolute Gasteiger partial charge is 0.331 e. The highest BCUT2D eigenvalue weighted by Crippen LogP contribution is 2.22. The zero-order chi connectivity index (χ0) is 7.56. The van der Waals surface area contributed by atoms with E-state index in [1.807, 2.05) is 5.41 Å². The zero-order valence-electron chi connectivity index (χ0n) is 6.13. The molecular formula is C7H11NOS. The van der Waals surface area contributed by atoms with Gasteiger partial charge in [-0.15, -0.1) is 11.8 Å². The maximum Gasteiger partial charge on any atom is 0.237 e. The van der Waals surface area contributed by atoms with Gasteiger partial charge in [0.1, 0.15) is 0 Å². The molecule has 0 bridgehead atoms. The van der Waals surface area contributed by atoms with E-state index >= 15 is 0 Å². The Balaban J connectivity index is 2.59. The lowest BCUT2D eigenvalue weighted by Crippen LogP contribution is -2.34. The van der Waals surface area contributed by atoms with Crippen LogP contribution in [-0.2, 0) is 4.79 Å². The van der Waals surface area contributed by atoms with Crippen LogP contribution >= 0.6 is 11.8 Å². The van der Waals surface area contributed by atoms with E-state index in [4.69, 9.17) is 0 Å². The van der Waals surface area contributed by atoms with Crippen LogP contribution < -0.4 is 5.32 Å². The van der Waals surface area contributed by atoms with Crippen LogP contribution in [0.2, 0.25) is 0 Å². The normalized spacial score (nSPS) is 25.1. The van der Waals surface area contributed by atoms with E-state index in [0.29, 0.717) is 5.92 Å². The van der Waals surface area contributed by atoms with E-state index in [9.17, 15) is 4.79 Å². The summed E-state index contributed by atoms with van der Waals surface area (Å²) in [6, 6.07) is 0. The Bertz CT molecular complexity index is 165. The maximum absolute atomic E-state index is 11.1. The monoisotopic (exact) mass is 157 g/mol. The average molecular weight is 157 g/mol. The summed E-state index contributed by atoms with van der Waals surface area (Å²) in [6.45, 7) is 4.10. The van der Waals surface area contributed by atoms with Crippen molar-refractivity contribution in [3.05, 3.63) is 11.6 Å². The smallest absolute Gasteiger partial charge is 0.237 e. The van der Waals surface area contributed by atoms with Crippen molar-refractivity contribution in [2.24, 2.45) is 5.92 Å². The van der Waals surface area contributed by atoms with Gasteiger partial charge in [-0.25, -0.2) is 0 Å². The minimum atomic E-state index is 0.102. The van der Waals surface area contributed by atoms with Gasteiger partial charge in [-0.2, -0.15) is 0 Å². The third kappa shape index (κ3) is 1.53. The van der Waals surface area contributed by atoms with Gasteiger partial charge in [0.15, 0.2) is 0 Å². The van der Waals surface area contributed by atoms with Gasteiger partial charge in [0, 0.05) is 6.20 Å². The molecule has 10 heavy (non-hydrogen) atoms. The molecule has 1 N–H and O–H groups in total. The second-order valence-corrected chi connectivity index (χ2v) is 3.66. The first-order valence-electron chi connectivity index (χ1n) is 3.32. The number of amides is 1. The topological polar surface area (TPSA) is 29.1 Å². The van der Waals surface area contributed by atoms with E-state index in [-0.39, 0.29) is 11.2 Å². The van der Waals surface area contributed by atoms with E-state index in [0.717, 1.165) is 0 Å². The van der Waals surface area contributed by atoms with Gasteiger partial charge < -0.3 is 5.32 Å². The molecule has 1 aliphatic heterocycles. The van der Waals surface area contributed by atoms with Gasteiger partial charge >= 0.3 is 0 Å². The SMILES string of the molecule is CC(C)[C@@H]1SC=CNC1=O. The summed E-state index contributed by atoms with van der Waals surface area (Å²) < 4.78 is 0. The molecule has 0 spiro atoms. The highest BCUT2D eigenvalue weighted by Gasteiger charge is 2.22. The highest BCUT2D eigenvalue weighted by molar-refractivity contribution is 8.03. The Labute approximate surface area is 65.1 Å². The van der Waals surface area contributed by atoms with Crippen LogP contribution in [0.5, 0.6) is 0 Å². The van der Waals surface area contributed by atoms with Crippen molar-refractivity contribution in [2.75, 3.05) is 0 Å². The predicted octanol–water partition coefficient (Wildman–Crippen LogP) is 1.35. The van der Waals surface area contributed by atoms with Gasteiger partial charge in [-0.1, -0.05) is 13.8 Å². The summed E-state index contributed by atoms with van der Waals surface area (Å²) in [5.74, 6) is 0.539. The molecule has 1 atom stereocenters. The van der Waals surface area contributed by atoms with E-state index < -0.39 is 0 Å². The minimum absolute atomic E-state index is 0.102. The molecule has 0 radical (unpaired) electrons. The van der Waals surface area contributed by atoms with Crippen LogP contribution in [0.3, 0.4) is 0 Å². The van der Waals surface area contributed by atoms with Gasteiger partial charge in [-0.05, 0) is 11.3 Å². The number of hydrogen-bond donors (Lipinski definition) is 1. The van der Waals surface area contributed by atoms with Crippen molar-refractivity contribution >= 4 is 17.7 Å². The van der Waals surface area contributed by atoms with Gasteiger partial charge in [0.05, 0.1) is 5.25 Å². The van der Waals surface area contributed by atoms with Crippen molar-refractivity contribution in [3.8, 4) is 0 Å². The van der Waals surface area contributed by atoms with Crippen molar-refractivity contribution in [3.63, 3.8) is 0 Å². The van der Waals surface area contributed by atoms with Gasteiger partial charge in [-0.3, -0.25) is 4.79 Å². The lowest BCUT2D eigenvalue weighted by atomic mass is 10.1. The van der Waals surface area contributed by atoms with E-state index in [2.05, 4.69) is 19.2 Å². The van der Waals surface area contributed by atoms with Crippen LogP contribution in [-0.4, -0.2) is 11.2 Å². The van der Waals surface area contributed by atoms with Crippen molar-refractivity contribution < 1.29 is 4.79 Å². The molecule has 56 valence electrons. The molecule has 3 heteroatoms. The minimum Gasteiger partial charge on any atom is -0.331 e. The number of carbonyl (C=O) groups excluding carboxylic acids is 1. The second kappa shape index (κ2) is 3.10. The summed E-state index contributed by atoms with van der Waals surface area (Å²) in [6.07, 6.45) is 1.69. The number of rotatable bonds is 1. The molecule has 1 aliphatic rings. The summed E-state index contributed by atoms with van der Waals surface area (Å²) in [5, 5.41) is 4.70. The average Bonchev–Trinajstić information content (AvgIpc) is 1.88. The molecule has 0 aliphatic carbocycles. The molecule has 0 aromatic carbocycles. The standard InChI is InChI=1S/C7H11NOS/c1-5(2)6-7(9)8-3-4-10-6/h3-6H,1-2H3,(H,8,9)/t6-/m0/s1. The van der Waals surface area contributed by atoms with Gasteiger partial charge in [0.25, 0.3) is 0 Å². The molecule has 2 nitrogen and oxygen atoms in total. The first-order valence-corrected chi connectivity index (χ1v) is 4.27. The van der Waals surface area contributed by atoms with Crippen LogP contribution in [0.1, 0.15) is 13.8 Å². The molecule has 0 saturated heterocycles. The first-order chi connectivity index (χ1) is 4.72. The fourth-order valence-corrected chi connectivity index (χ4v) is 1.67. The lowest BCUT2D eigenvalue weighted by molar-refractivity contribution is -0.120. The quantitative estimate of drug-likeness (QED) is 0.622.